The van der Waals surface area contributed by atoms with Gasteiger partial charge in [-0.3, -0.25) is 4.84 Å². The molecule has 0 bridgehead atoms. The fourth-order valence-electron chi connectivity index (χ4n) is 1.17. The molecule has 0 aliphatic carbocycles. The van der Waals surface area contributed by atoms with Gasteiger partial charge in [-0.25, -0.2) is 0 Å². The minimum atomic E-state index is -1.78. The topological polar surface area (TPSA) is 32.7 Å². The third kappa shape index (κ3) is 4.19. The number of hydrogen-bond donors (Lipinski definition) is 1. The smallest absolute Gasteiger partial charge is 0.242 e. The molecule has 1 N–H and O–H groups in total. The molecule has 1 unspecified atom stereocenters. The van der Waals surface area contributed by atoms with E-state index in [0.717, 1.165) is 25.9 Å². The summed E-state index contributed by atoms with van der Waals surface area (Å²) in [5, 5.41) is 10.9. The second-order valence-corrected chi connectivity index (χ2v) is 5.36. The van der Waals surface area contributed by atoms with Gasteiger partial charge in [0.25, 0.3) is 0 Å². The van der Waals surface area contributed by atoms with E-state index in [1.54, 1.807) is 5.06 Å². The van der Waals surface area contributed by atoms with E-state index in [9.17, 15) is 5.11 Å². The maximum atomic E-state index is 9.28. The number of piperidine rings is 1. The van der Waals surface area contributed by atoms with E-state index in [-0.39, 0.29) is 0 Å². The summed E-state index contributed by atoms with van der Waals surface area (Å²) in [6, 6.07) is 0. The van der Waals surface area contributed by atoms with Gasteiger partial charge >= 0.3 is 0 Å². The van der Waals surface area contributed by atoms with Crippen LogP contribution in [-0.4, -0.2) is 33.3 Å². The molecule has 1 heterocycles. The van der Waals surface area contributed by atoms with Gasteiger partial charge in [-0.2, -0.15) is 5.06 Å². The Balaban J connectivity index is 2.30. The van der Waals surface area contributed by atoms with Crippen molar-refractivity contribution in [3.63, 3.8) is 0 Å². The highest BCUT2D eigenvalue weighted by atomic mass is 35.6. The number of aliphatic hydroxyl groups excluding tert-OH is 1. The Hall–Kier alpha value is 0.750. The monoisotopic (exact) mass is 247 g/mol. The SMILES string of the molecule is OC(ON1CCCCC1)C(Cl)(Cl)Cl. The zero-order chi connectivity index (χ0) is 9.90. The highest BCUT2D eigenvalue weighted by Crippen LogP contribution is 2.31. The predicted octanol–water partition coefficient (Wildman–Crippen LogP) is 2.09. The molecule has 1 aliphatic rings. The molecule has 0 aromatic carbocycles. The number of halogens is 3. The molecular weight excluding hydrogens is 236 g/mol. The lowest BCUT2D eigenvalue weighted by Crippen LogP contribution is -2.39. The van der Waals surface area contributed by atoms with Crippen LogP contribution in [-0.2, 0) is 4.84 Å². The molecule has 1 atom stereocenters. The van der Waals surface area contributed by atoms with E-state index in [1.165, 1.54) is 6.42 Å². The summed E-state index contributed by atoms with van der Waals surface area (Å²) in [6.07, 6.45) is 1.89. The summed E-state index contributed by atoms with van der Waals surface area (Å²) in [4.78, 5) is 5.05. The van der Waals surface area contributed by atoms with Crippen LogP contribution in [0.15, 0.2) is 0 Å². The normalized spacial score (nSPS) is 23.1. The van der Waals surface area contributed by atoms with E-state index in [2.05, 4.69) is 0 Å². The molecule has 0 amide bonds. The minimum absolute atomic E-state index is 0.776. The summed E-state index contributed by atoms with van der Waals surface area (Å²) in [5.74, 6) is 0. The van der Waals surface area contributed by atoms with Crippen LogP contribution in [0, 0.1) is 0 Å². The third-order valence-electron chi connectivity index (χ3n) is 1.84. The summed E-state index contributed by atoms with van der Waals surface area (Å²) in [6.45, 7) is 1.55. The summed E-state index contributed by atoms with van der Waals surface area (Å²) in [7, 11) is 0. The number of hydroxylamine groups is 2. The van der Waals surface area contributed by atoms with Crippen LogP contribution >= 0.6 is 34.8 Å². The fraction of sp³-hybridized carbons (Fsp3) is 1.00. The summed E-state index contributed by atoms with van der Waals surface area (Å²) < 4.78 is -1.78. The van der Waals surface area contributed by atoms with E-state index in [4.69, 9.17) is 39.6 Å². The van der Waals surface area contributed by atoms with Crippen molar-refractivity contribution in [1.82, 2.24) is 5.06 Å². The van der Waals surface area contributed by atoms with Gasteiger partial charge in [0.2, 0.25) is 10.1 Å². The Morgan fingerprint density at radius 2 is 1.69 bits per heavy atom. The number of nitrogens with zero attached hydrogens (tertiary/aromatic N) is 1. The van der Waals surface area contributed by atoms with Gasteiger partial charge in [0.15, 0.2) is 0 Å². The number of aliphatic hydroxyl groups is 1. The van der Waals surface area contributed by atoms with E-state index in [0.29, 0.717) is 0 Å². The number of rotatable bonds is 2. The first-order chi connectivity index (χ1) is 6.00. The van der Waals surface area contributed by atoms with Crippen LogP contribution in [0.4, 0.5) is 0 Å². The van der Waals surface area contributed by atoms with Crippen LogP contribution in [0.5, 0.6) is 0 Å². The lowest BCUT2D eigenvalue weighted by atomic mass is 10.2. The van der Waals surface area contributed by atoms with Crippen LogP contribution in [0.1, 0.15) is 19.3 Å². The molecule has 13 heavy (non-hydrogen) atoms. The zero-order valence-corrected chi connectivity index (χ0v) is 9.32. The molecule has 1 saturated heterocycles. The summed E-state index contributed by atoms with van der Waals surface area (Å²) >= 11 is 16.3. The van der Waals surface area contributed by atoms with Crippen molar-refractivity contribution in [2.45, 2.75) is 29.3 Å². The van der Waals surface area contributed by atoms with E-state index >= 15 is 0 Å². The van der Waals surface area contributed by atoms with Crippen molar-refractivity contribution in [2.75, 3.05) is 13.1 Å². The van der Waals surface area contributed by atoms with Gasteiger partial charge in [-0.1, -0.05) is 41.2 Å². The second kappa shape index (κ2) is 5.01. The van der Waals surface area contributed by atoms with Crippen LogP contribution in [0.3, 0.4) is 0 Å². The van der Waals surface area contributed by atoms with Gasteiger partial charge < -0.3 is 5.11 Å². The summed E-state index contributed by atoms with van der Waals surface area (Å²) in [5.41, 5.74) is 0. The molecule has 0 radical (unpaired) electrons. The van der Waals surface area contributed by atoms with Crippen molar-refractivity contribution in [2.24, 2.45) is 0 Å². The zero-order valence-electron chi connectivity index (χ0n) is 7.05. The molecule has 0 saturated carbocycles. The quantitative estimate of drug-likeness (QED) is 0.600. The predicted molar refractivity (Wildman–Crippen MR) is 52.8 cm³/mol. The molecule has 0 aromatic rings. The van der Waals surface area contributed by atoms with Gasteiger partial charge in [-0.15, -0.1) is 0 Å². The van der Waals surface area contributed by atoms with Crippen molar-refractivity contribution in [1.29, 1.82) is 0 Å². The molecule has 1 aliphatic heterocycles. The third-order valence-corrected chi connectivity index (χ3v) is 2.40. The Bertz CT molecular complexity index is 156. The Kier molecular flexibility index (Phi) is 4.55. The fourth-order valence-corrected chi connectivity index (χ4v) is 1.29. The van der Waals surface area contributed by atoms with E-state index in [1.807, 2.05) is 0 Å². The van der Waals surface area contributed by atoms with Crippen LogP contribution < -0.4 is 0 Å². The van der Waals surface area contributed by atoms with Gasteiger partial charge in [0.05, 0.1) is 0 Å². The van der Waals surface area contributed by atoms with Gasteiger partial charge in [0, 0.05) is 13.1 Å². The van der Waals surface area contributed by atoms with Crippen molar-refractivity contribution < 1.29 is 9.94 Å². The van der Waals surface area contributed by atoms with Crippen molar-refractivity contribution >= 4 is 34.8 Å². The Morgan fingerprint density at radius 1 is 1.15 bits per heavy atom. The molecule has 6 heteroatoms. The minimum Gasteiger partial charge on any atom is -0.363 e. The molecule has 0 spiro atoms. The highest BCUT2D eigenvalue weighted by molar-refractivity contribution is 6.67. The molecule has 1 fully saturated rings. The Morgan fingerprint density at radius 3 is 2.15 bits per heavy atom. The average Bonchev–Trinajstić information content (AvgIpc) is 2.04. The maximum Gasteiger partial charge on any atom is 0.242 e. The number of hydrogen-bond acceptors (Lipinski definition) is 3. The van der Waals surface area contributed by atoms with Crippen LogP contribution in [0.2, 0.25) is 0 Å². The standard InChI is InChI=1S/C7H12Cl3NO2/c8-7(9,10)6(12)13-11-4-2-1-3-5-11/h6,12H,1-5H2. The lowest BCUT2D eigenvalue weighted by molar-refractivity contribution is -0.267. The molecule has 0 aromatic heterocycles. The van der Waals surface area contributed by atoms with Gasteiger partial charge in [-0.05, 0) is 12.8 Å². The molecule has 3 nitrogen and oxygen atoms in total. The maximum absolute atomic E-state index is 9.28. The molecular formula is C7H12Cl3NO2. The van der Waals surface area contributed by atoms with Gasteiger partial charge in [0.1, 0.15) is 0 Å². The molecule has 1 rings (SSSR count). The first-order valence-corrected chi connectivity index (χ1v) is 5.30. The molecule has 78 valence electrons. The first kappa shape index (κ1) is 11.8. The highest BCUT2D eigenvalue weighted by Gasteiger charge is 2.34. The van der Waals surface area contributed by atoms with E-state index < -0.39 is 10.1 Å². The van der Waals surface area contributed by atoms with Crippen molar-refractivity contribution in [3.05, 3.63) is 0 Å². The van der Waals surface area contributed by atoms with Crippen LogP contribution in [0.25, 0.3) is 0 Å². The second-order valence-electron chi connectivity index (χ2n) is 2.99. The first-order valence-electron chi connectivity index (χ1n) is 4.16. The largest absolute Gasteiger partial charge is 0.363 e. The number of alkyl halides is 3. The Labute approximate surface area is 92.5 Å². The lowest BCUT2D eigenvalue weighted by Gasteiger charge is -2.30. The average molecular weight is 249 g/mol. The van der Waals surface area contributed by atoms with Crippen molar-refractivity contribution in [3.8, 4) is 0 Å².